The minimum atomic E-state index is -1.13. The first-order valence-electron chi connectivity index (χ1n) is 11.1. The van der Waals surface area contributed by atoms with Gasteiger partial charge >= 0.3 is 0 Å². The van der Waals surface area contributed by atoms with Gasteiger partial charge in [0.1, 0.15) is 0 Å². The van der Waals surface area contributed by atoms with Crippen LogP contribution in [0, 0.1) is 0 Å². The molecule has 3 aromatic rings. The molecule has 5 rings (SSSR count). The molecule has 0 radical (unpaired) electrons. The van der Waals surface area contributed by atoms with Gasteiger partial charge in [-0.25, -0.2) is 4.99 Å². The number of rotatable bonds is 4. The van der Waals surface area contributed by atoms with Gasteiger partial charge in [-0.3, -0.25) is 9.59 Å². The Hall–Kier alpha value is -3.55. The summed E-state index contributed by atoms with van der Waals surface area (Å²) < 4.78 is 0. The molecule has 35 heavy (non-hydrogen) atoms. The first-order chi connectivity index (χ1) is 16.7. The lowest BCUT2D eigenvalue weighted by Crippen LogP contribution is -2.47. The Morgan fingerprint density at radius 2 is 1.80 bits per heavy atom. The van der Waals surface area contributed by atoms with Gasteiger partial charge in [-0.15, -0.1) is 0 Å². The van der Waals surface area contributed by atoms with Crippen LogP contribution in [-0.2, 0) is 11.2 Å². The minimum Gasteiger partial charge on any atom is -0.396 e. The van der Waals surface area contributed by atoms with Gasteiger partial charge in [0.15, 0.2) is 0 Å². The maximum Gasteiger partial charge on any atom is 0.272 e. The van der Waals surface area contributed by atoms with Gasteiger partial charge in [-0.2, -0.15) is 0 Å². The van der Waals surface area contributed by atoms with Crippen molar-refractivity contribution in [3.63, 3.8) is 0 Å². The van der Waals surface area contributed by atoms with Gasteiger partial charge in [0.25, 0.3) is 11.8 Å². The second-order valence-electron chi connectivity index (χ2n) is 8.71. The quantitative estimate of drug-likeness (QED) is 0.519. The first kappa shape index (κ1) is 23.2. The van der Waals surface area contributed by atoms with Crippen LogP contribution >= 0.6 is 23.2 Å². The highest BCUT2D eigenvalue weighted by molar-refractivity contribution is 6.39. The van der Waals surface area contributed by atoms with E-state index in [2.05, 4.69) is 11.4 Å². The van der Waals surface area contributed by atoms with E-state index in [4.69, 9.17) is 33.9 Å². The lowest BCUT2D eigenvalue weighted by Gasteiger charge is -2.22. The van der Waals surface area contributed by atoms with E-state index >= 15 is 0 Å². The summed E-state index contributed by atoms with van der Waals surface area (Å²) in [4.78, 5) is 35.3. The van der Waals surface area contributed by atoms with Crippen molar-refractivity contribution in [2.45, 2.75) is 12.6 Å². The normalized spacial score (nSPS) is 16.5. The lowest BCUT2D eigenvalue weighted by molar-refractivity contribution is -0.120. The Labute approximate surface area is 213 Å². The van der Waals surface area contributed by atoms with Crippen LogP contribution in [0.25, 0.3) is 0 Å². The predicted molar refractivity (Wildman–Crippen MR) is 141 cm³/mol. The standard InChI is InChI=1S/C26H23Cl2N5O2/c1-32(2)17-10-15-8-9-33-23(15)18(13-17)22(14-6-4-3-5-7-14)30-24(26(33)35)31-25(34)16-11-19(27)21(29)20(28)12-16/h3-7,10-13,24H,8-9,29H2,1-2H3,(H,31,34)/t24-/m0/s1. The van der Waals surface area contributed by atoms with Crippen LogP contribution in [0.4, 0.5) is 17.1 Å². The summed E-state index contributed by atoms with van der Waals surface area (Å²) in [5, 5.41) is 3.10. The van der Waals surface area contributed by atoms with Crippen molar-refractivity contribution in [2.24, 2.45) is 4.99 Å². The molecule has 0 unspecified atom stereocenters. The molecule has 3 N–H and O–H groups in total. The average molecular weight is 508 g/mol. The number of carbonyl (C=O) groups is 2. The topological polar surface area (TPSA) is 91.0 Å². The van der Waals surface area contributed by atoms with Crippen LogP contribution in [0.1, 0.15) is 27.0 Å². The van der Waals surface area contributed by atoms with Crippen molar-refractivity contribution in [3.05, 3.63) is 86.9 Å². The molecule has 7 nitrogen and oxygen atoms in total. The SMILES string of the molecule is CN(C)c1cc2c3c(c1)C(c1ccccc1)=N[C@@H](NC(=O)c1cc(Cl)c(N)c(Cl)c1)C(=O)N3CC2. The molecule has 0 aliphatic carbocycles. The summed E-state index contributed by atoms with van der Waals surface area (Å²) in [5.74, 6) is -0.822. The zero-order chi connectivity index (χ0) is 24.9. The smallest absolute Gasteiger partial charge is 0.272 e. The molecule has 2 aliphatic rings. The van der Waals surface area contributed by atoms with E-state index in [-0.39, 0.29) is 27.2 Å². The van der Waals surface area contributed by atoms with E-state index in [1.807, 2.05) is 55.4 Å². The number of aliphatic imine (C=N–C) groups is 1. The van der Waals surface area contributed by atoms with Crippen LogP contribution in [0.15, 0.2) is 59.6 Å². The summed E-state index contributed by atoms with van der Waals surface area (Å²) in [6.45, 7) is 0.515. The fourth-order valence-corrected chi connectivity index (χ4v) is 4.92. The summed E-state index contributed by atoms with van der Waals surface area (Å²) in [7, 11) is 3.96. The molecule has 2 heterocycles. The molecule has 1 atom stereocenters. The Morgan fingerprint density at radius 1 is 1.11 bits per heavy atom. The first-order valence-corrected chi connectivity index (χ1v) is 11.8. The Kier molecular flexibility index (Phi) is 5.91. The maximum atomic E-state index is 13.6. The van der Waals surface area contributed by atoms with Gasteiger partial charge in [0, 0.05) is 43.0 Å². The molecule has 2 aliphatic heterocycles. The zero-order valence-corrected chi connectivity index (χ0v) is 20.7. The van der Waals surface area contributed by atoms with Gasteiger partial charge in [0.05, 0.1) is 27.1 Å². The highest BCUT2D eigenvalue weighted by Crippen LogP contribution is 2.39. The average Bonchev–Trinajstić information content (AvgIpc) is 3.23. The summed E-state index contributed by atoms with van der Waals surface area (Å²) in [6.07, 6.45) is -0.407. The second-order valence-corrected chi connectivity index (χ2v) is 9.52. The number of nitrogens with two attached hydrogens (primary N) is 1. The van der Waals surface area contributed by atoms with Crippen LogP contribution in [0.5, 0.6) is 0 Å². The molecule has 9 heteroatoms. The van der Waals surface area contributed by atoms with Crippen LogP contribution in [-0.4, -0.2) is 44.3 Å². The van der Waals surface area contributed by atoms with Gasteiger partial charge < -0.3 is 20.9 Å². The molecule has 3 aromatic carbocycles. The molecule has 0 saturated carbocycles. The number of anilines is 3. The Balaban J connectivity index is 1.63. The number of nitrogens with zero attached hydrogens (tertiary/aromatic N) is 3. The monoisotopic (exact) mass is 507 g/mol. The number of hydrogen-bond acceptors (Lipinski definition) is 5. The number of benzene rings is 3. The predicted octanol–water partition coefficient (Wildman–Crippen LogP) is 4.14. The molecular formula is C26H23Cl2N5O2. The number of carbonyl (C=O) groups excluding carboxylic acids is 2. The molecule has 0 saturated heterocycles. The van der Waals surface area contributed by atoms with Crippen LogP contribution in [0.3, 0.4) is 0 Å². The van der Waals surface area contributed by atoms with Crippen molar-refractivity contribution in [2.75, 3.05) is 36.2 Å². The van der Waals surface area contributed by atoms with Gasteiger partial charge in [-0.1, -0.05) is 53.5 Å². The molecule has 2 amide bonds. The van der Waals surface area contributed by atoms with Crippen molar-refractivity contribution in [3.8, 4) is 0 Å². The fraction of sp³-hybridized carbons (Fsp3) is 0.192. The maximum absolute atomic E-state index is 13.6. The van der Waals surface area contributed by atoms with Crippen molar-refractivity contribution >= 4 is 57.8 Å². The van der Waals surface area contributed by atoms with E-state index < -0.39 is 12.1 Å². The second kappa shape index (κ2) is 8.91. The van der Waals surface area contributed by atoms with Crippen molar-refractivity contribution in [1.82, 2.24) is 5.32 Å². The number of amides is 2. The fourth-order valence-electron chi connectivity index (χ4n) is 4.43. The van der Waals surface area contributed by atoms with E-state index in [1.54, 1.807) is 4.90 Å². The molecular weight excluding hydrogens is 485 g/mol. The number of nitrogen functional groups attached to an aromatic ring is 1. The van der Waals surface area contributed by atoms with Gasteiger partial charge in [-0.05, 0) is 36.2 Å². The highest BCUT2D eigenvalue weighted by atomic mass is 35.5. The van der Waals surface area contributed by atoms with Crippen molar-refractivity contribution < 1.29 is 9.59 Å². The Morgan fingerprint density at radius 3 is 2.46 bits per heavy atom. The lowest BCUT2D eigenvalue weighted by atomic mass is 9.97. The number of hydrogen-bond donors (Lipinski definition) is 2. The highest BCUT2D eigenvalue weighted by Gasteiger charge is 2.37. The number of halogens is 2. The third-order valence-corrected chi connectivity index (χ3v) is 6.86. The van der Waals surface area contributed by atoms with E-state index in [1.165, 1.54) is 12.1 Å². The largest absolute Gasteiger partial charge is 0.396 e. The zero-order valence-electron chi connectivity index (χ0n) is 19.2. The molecule has 178 valence electrons. The van der Waals surface area contributed by atoms with Crippen molar-refractivity contribution in [1.29, 1.82) is 0 Å². The van der Waals surface area contributed by atoms with Crippen LogP contribution in [0.2, 0.25) is 10.0 Å². The molecule has 0 spiro atoms. The summed E-state index contributed by atoms with van der Waals surface area (Å²) >= 11 is 12.2. The molecule has 0 bridgehead atoms. The Bertz CT molecular complexity index is 1360. The van der Waals surface area contributed by atoms with Crippen LogP contribution < -0.4 is 20.9 Å². The van der Waals surface area contributed by atoms with E-state index in [0.29, 0.717) is 12.3 Å². The third kappa shape index (κ3) is 4.11. The third-order valence-electron chi connectivity index (χ3n) is 6.23. The summed E-state index contributed by atoms with van der Waals surface area (Å²) in [5.41, 5.74) is 11.5. The van der Waals surface area contributed by atoms with Gasteiger partial charge in [0.2, 0.25) is 6.17 Å². The van der Waals surface area contributed by atoms with E-state index in [9.17, 15) is 9.59 Å². The minimum absolute atomic E-state index is 0.163. The summed E-state index contributed by atoms with van der Waals surface area (Å²) in [6, 6.07) is 16.6. The molecule has 0 fully saturated rings. The number of nitrogens with one attached hydrogen (secondary N) is 1. The molecule has 0 aromatic heterocycles. The van der Waals surface area contributed by atoms with E-state index in [0.717, 1.165) is 34.5 Å².